The van der Waals surface area contributed by atoms with Crippen LogP contribution >= 0.6 is 92.8 Å². The summed E-state index contributed by atoms with van der Waals surface area (Å²) in [7, 11) is 0. The highest BCUT2D eigenvalue weighted by molar-refractivity contribution is 6.55. The molecule has 0 fully saturated rings. The van der Waals surface area contributed by atoms with Crippen LogP contribution in [0.1, 0.15) is 21.9 Å². The number of carbonyl (C=O) groups is 1. The van der Waals surface area contributed by atoms with Gasteiger partial charge in [0.2, 0.25) is 0 Å². The number of amides is 1. The van der Waals surface area contributed by atoms with E-state index in [1.165, 1.54) is 10.7 Å². The summed E-state index contributed by atoms with van der Waals surface area (Å²) in [5.74, 6) is -0.123. The van der Waals surface area contributed by atoms with Crippen molar-refractivity contribution in [3.05, 3.63) is 93.8 Å². The Bertz CT molecular complexity index is 1440. The van der Waals surface area contributed by atoms with Crippen molar-refractivity contribution < 1.29 is 13.9 Å². The molecule has 0 aliphatic rings. The molecule has 6 nitrogen and oxygen atoms in total. The highest BCUT2D eigenvalue weighted by Gasteiger charge is 2.22. The first-order valence-corrected chi connectivity index (χ1v) is 12.8. The molecular formula is C22H11Cl8N3O3. The third kappa shape index (κ3) is 5.98. The van der Waals surface area contributed by atoms with Crippen LogP contribution in [0.25, 0.3) is 0 Å². The van der Waals surface area contributed by atoms with E-state index in [1.54, 1.807) is 30.5 Å². The maximum Gasteiger partial charge on any atom is 0.292 e. The Hall–Kier alpha value is -1.48. The summed E-state index contributed by atoms with van der Waals surface area (Å²) in [5, 5.41) is 8.10. The molecule has 0 radical (unpaired) electrons. The number of hydrogen-bond acceptors (Lipinski definition) is 4. The minimum absolute atomic E-state index is 0.00288. The molecule has 0 atom stereocenters. The molecule has 0 saturated heterocycles. The van der Waals surface area contributed by atoms with Crippen LogP contribution in [-0.2, 0) is 13.2 Å². The SMILES string of the molecule is O=C(Nc1nn(Cc2ccc(Cl)cc2Cl)cc1Cl)c1ccc(COc2c(Cl)c(Cl)c(Cl)c(Cl)c2Cl)o1. The van der Waals surface area contributed by atoms with E-state index in [0.717, 1.165) is 5.56 Å². The van der Waals surface area contributed by atoms with Crippen molar-refractivity contribution in [3.63, 3.8) is 0 Å². The Morgan fingerprint density at radius 2 is 1.56 bits per heavy atom. The number of aromatic nitrogens is 2. The van der Waals surface area contributed by atoms with E-state index >= 15 is 0 Å². The van der Waals surface area contributed by atoms with Crippen molar-refractivity contribution in [1.29, 1.82) is 0 Å². The molecule has 0 unspecified atom stereocenters. The fourth-order valence-corrected chi connectivity index (χ4v) is 4.88. The van der Waals surface area contributed by atoms with Crippen molar-refractivity contribution in [2.45, 2.75) is 13.2 Å². The fourth-order valence-electron chi connectivity index (χ4n) is 2.99. The van der Waals surface area contributed by atoms with Gasteiger partial charge < -0.3 is 14.5 Å². The number of carbonyl (C=O) groups excluding carboxylic acids is 1. The second kappa shape index (κ2) is 11.5. The van der Waals surface area contributed by atoms with E-state index in [9.17, 15) is 4.79 Å². The number of hydrogen-bond donors (Lipinski definition) is 1. The fraction of sp³-hybridized carbons (Fsp3) is 0.0909. The highest BCUT2D eigenvalue weighted by Crippen LogP contribution is 2.48. The Kier molecular flexibility index (Phi) is 8.80. The second-order valence-electron chi connectivity index (χ2n) is 7.17. The lowest BCUT2D eigenvalue weighted by atomic mass is 10.2. The number of anilines is 1. The van der Waals surface area contributed by atoms with Gasteiger partial charge in [-0.1, -0.05) is 98.9 Å². The van der Waals surface area contributed by atoms with Gasteiger partial charge in [0, 0.05) is 16.2 Å². The zero-order chi connectivity index (χ0) is 26.1. The van der Waals surface area contributed by atoms with Crippen molar-refractivity contribution >= 4 is 105 Å². The monoisotopic (exact) mass is 645 g/mol. The standard InChI is InChI=1S/C22H11Cl8N3O3/c23-10-2-1-9(12(24)5-10)6-33-7-13(25)21(32-33)31-22(34)14-4-3-11(36-14)8-35-20-18(29)16(27)15(26)17(28)19(20)30/h1-5,7H,6,8H2,(H,31,32,34). The normalized spacial score (nSPS) is 11.1. The van der Waals surface area contributed by atoms with Gasteiger partial charge in [-0.3, -0.25) is 9.48 Å². The van der Waals surface area contributed by atoms with Crippen LogP contribution in [0.4, 0.5) is 5.82 Å². The molecule has 0 bridgehead atoms. The molecule has 4 aromatic rings. The van der Waals surface area contributed by atoms with Crippen molar-refractivity contribution in [1.82, 2.24) is 9.78 Å². The molecule has 188 valence electrons. The van der Waals surface area contributed by atoms with Gasteiger partial charge in [0.1, 0.15) is 27.4 Å². The van der Waals surface area contributed by atoms with Gasteiger partial charge in [0.25, 0.3) is 5.91 Å². The van der Waals surface area contributed by atoms with Gasteiger partial charge in [-0.05, 0) is 29.8 Å². The topological polar surface area (TPSA) is 69.3 Å². The van der Waals surface area contributed by atoms with Gasteiger partial charge in [0.15, 0.2) is 17.3 Å². The molecule has 36 heavy (non-hydrogen) atoms. The molecule has 0 aliphatic carbocycles. The van der Waals surface area contributed by atoms with Crippen LogP contribution in [-0.4, -0.2) is 15.7 Å². The maximum atomic E-state index is 12.7. The summed E-state index contributed by atoms with van der Waals surface area (Å²) in [6.45, 7) is 0.190. The molecule has 2 heterocycles. The predicted octanol–water partition coefficient (Wildman–Crippen LogP) is 9.58. The molecule has 0 spiro atoms. The molecule has 2 aromatic heterocycles. The Labute approximate surface area is 244 Å². The van der Waals surface area contributed by atoms with E-state index in [0.29, 0.717) is 22.4 Å². The van der Waals surface area contributed by atoms with Crippen molar-refractivity contribution in [2.24, 2.45) is 0 Å². The third-order valence-electron chi connectivity index (χ3n) is 4.71. The van der Waals surface area contributed by atoms with Crippen LogP contribution in [0, 0.1) is 0 Å². The average molecular weight is 649 g/mol. The number of nitrogens with one attached hydrogen (secondary N) is 1. The molecule has 0 saturated carbocycles. The number of furan rings is 1. The molecule has 1 N–H and O–H groups in total. The first-order chi connectivity index (χ1) is 17.0. The Morgan fingerprint density at radius 1 is 0.889 bits per heavy atom. The van der Waals surface area contributed by atoms with E-state index in [-0.39, 0.29) is 54.1 Å². The zero-order valence-electron chi connectivity index (χ0n) is 17.5. The average Bonchev–Trinajstić information content (AvgIpc) is 3.45. The number of benzene rings is 2. The van der Waals surface area contributed by atoms with Gasteiger partial charge in [-0.2, -0.15) is 5.10 Å². The number of ether oxygens (including phenoxy) is 1. The smallest absolute Gasteiger partial charge is 0.292 e. The lowest BCUT2D eigenvalue weighted by Crippen LogP contribution is -2.12. The molecule has 2 aromatic carbocycles. The van der Waals surface area contributed by atoms with Crippen molar-refractivity contribution in [2.75, 3.05) is 5.32 Å². The van der Waals surface area contributed by atoms with E-state index in [4.69, 9.17) is 102 Å². The molecule has 14 heteroatoms. The first kappa shape index (κ1) is 27.6. The largest absolute Gasteiger partial charge is 0.482 e. The van der Waals surface area contributed by atoms with Crippen LogP contribution in [0.3, 0.4) is 0 Å². The zero-order valence-corrected chi connectivity index (χ0v) is 23.6. The van der Waals surface area contributed by atoms with E-state index < -0.39 is 5.91 Å². The quantitative estimate of drug-likeness (QED) is 0.160. The summed E-state index contributed by atoms with van der Waals surface area (Å²) >= 11 is 48.8. The highest BCUT2D eigenvalue weighted by atomic mass is 35.5. The van der Waals surface area contributed by atoms with Crippen LogP contribution in [0.15, 0.2) is 40.9 Å². The van der Waals surface area contributed by atoms with Gasteiger partial charge in [-0.15, -0.1) is 0 Å². The summed E-state index contributed by atoms with van der Waals surface area (Å²) in [4.78, 5) is 12.7. The van der Waals surface area contributed by atoms with E-state index in [2.05, 4.69) is 10.4 Å². The lowest BCUT2D eigenvalue weighted by molar-refractivity contribution is 0.0992. The van der Waals surface area contributed by atoms with Crippen LogP contribution in [0.2, 0.25) is 40.2 Å². The Morgan fingerprint density at radius 3 is 2.22 bits per heavy atom. The summed E-state index contributed by atoms with van der Waals surface area (Å²) in [5.41, 5.74) is 0.775. The molecule has 4 rings (SSSR count). The minimum Gasteiger partial charge on any atom is -0.482 e. The molecule has 1 amide bonds. The number of nitrogens with zero attached hydrogens (tertiary/aromatic N) is 2. The van der Waals surface area contributed by atoms with Gasteiger partial charge in [-0.25, -0.2) is 0 Å². The first-order valence-electron chi connectivity index (χ1n) is 9.76. The third-order valence-corrected chi connectivity index (χ3v) is 7.82. The lowest BCUT2D eigenvalue weighted by Gasteiger charge is -2.12. The second-order valence-corrected chi connectivity index (χ2v) is 10.3. The summed E-state index contributed by atoms with van der Waals surface area (Å²) in [6.07, 6.45) is 1.55. The summed E-state index contributed by atoms with van der Waals surface area (Å²) in [6, 6.07) is 8.11. The number of rotatable bonds is 7. The summed E-state index contributed by atoms with van der Waals surface area (Å²) < 4.78 is 12.7. The van der Waals surface area contributed by atoms with Gasteiger partial charge in [0.05, 0.1) is 21.6 Å². The van der Waals surface area contributed by atoms with Gasteiger partial charge >= 0.3 is 0 Å². The molecule has 0 aliphatic heterocycles. The van der Waals surface area contributed by atoms with E-state index in [1.807, 2.05) is 0 Å². The predicted molar refractivity (Wildman–Crippen MR) is 145 cm³/mol. The van der Waals surface area contributed by atoms with Crippen LogP contribution in [0.5, 0.6) is 5.75 Å². The minimum atomic E-state index is -0.577. The van der Waals surface area contributed by atoms with Crippen molar-refractivity contribution in [3.8, 4) is 5.75 Å². The number of halogens is 8. The van der Waals surface area contributed by atoms with Crippen LogP contribution < -0.4 is 10.1 Å². The Balaban J connectivity index is 1.42. The maximum absolute atomic E-state index is 12.7. The molecular weight excluding hydrogens is 638 g/mol.